The Kier molecular flexibility index (Phi) is 4.93. The SMILES string of the molecule is COc1cccc(C=Cc2nc3ccccc3n2-c2ccccn2)c1OCC1CC1. The fourth-order valence-electron chi connectivity index (χ4n) is 3.51. The molecule has 4 aromatic rings. The summed E-state index contributed by atoms with van der Waals surface area (Å²) in [6.07, 6.45) is 8.32. The third-order valence-corrected chi connectivity index (χ3v) is 5.27. The van der Waals surface area contributed by atoms with Crippen molar-refractivity contribution in [1.82, 2.24) is 14.5 Å². The smallest absolute Gasteiger partial charge is 0.168 e. The Labute approximate surface area is 175 Å². The summed E-state index contributed by atoms with van der Waals surface area (Å²) in [5.74, 6) is 3.84. The quantitative estimate of drug-likeness (QED) is 0.420. The first-order valence-electron chi connectivity index (χ1n) is 10.2. The molecule has 150 valence electrons. The third kappa shape index (κ3) is 3.66. The molecule has 0 unspecified atom stereocenters. The van der Waals surface area contributed by atoms with Gasteiger partial charge in [0, 0.05) is 11.8 Å². The van der Waals surface area contributed by atoms with Crippen LogP contribution in [0.2, 0.25) is 0 Å². The normalized spacial score (nSPS) is 13.8. The lowest BCUT2D eigenvalue weighted by atomic mass is 10.1. The molecule has 1 aliphatic rings. The minimum absolute atomic E-state index is 0.667. The second-order valence-electron chi connectivity index (χ2n) is 7.45. The van der Waals surface area contributed by atoms with Crippen LogP contribution in [0.3, 0.4) is 0 Å². The van der Waals surface area contributed by atoms with Gasteiger partial charge in [-0.2, -0.15) is 0 Å². The van der Waals surface area contributed by atoms with Crippen LogP contribution in [0.25, 0.3) is 29.0 Å². The summed E-state index contributed by atoms with van der Waals surface area (Å²) in [5.41, 5.74) is 2.92. The number of hydrogen-bond donors (Lipinski definition) is 0. The van der Waals surface area contributed by atoms with Crippen molar-refractivity contribution in [3.05, 3.63) is 78.2 Å². The molecule has 0 bridgehead atoms. The number of hydrogen-bond acceptors (Lipinski definition) is 4. The maximum atomic E-state index is 6.13. The maximum absolute atomic E-state index is 6.13. The third-order valence-electron chi connectivity index (χ3n) is 5.27. The van der Waals surface area contributed by atoms with E-state index in [0.717, 1.165) is 46.3 Å². The highest BCUT2D eigenvalue weighted by molar-refractivity contribution is 5.82. The van der Waals surface area contributed by atoms with Gasteiger partial charge in [-0.15, -0.1) is 0 Å². The molecule has 2 heterocycles. The summed E-state index contributed by atoms with van der Waals surface area (Å²) < 4.78 is 13.7. The monoisotopic (exact) mass is 397 g/mol. The fourth-order valence-corrected chi connectivity index (χ4v) is 3.51. The summed E-state index contributed by atoms with van der Waals surface area (Å²) in [6.45, 7) is 0.730. The zero-order chi connectivity index (χ0) is 20.3. The molecular weight excluding hydrogens is 374 g/mol. The molecule has 2 aromatic carbocycles. The minimum Gasteiger partial charge on any atom is -0.493 e. The van der Waals surface area contributed by atoms with Crippen LogP contribution in [0.5, 0.6) is 11.5 Å². The highest BCUT2D eigenvalue weighted by atomic mass is 16.5. The molecule has 1 saturated carbocycles. The van der Waals surface area contributed by atoms with Crippen LogP contribution in [0.15, 0.2) is 66.9 Å². The number of aromatic nitrogens is 3. The Morgan fingerprint density at radius 1 is 1.00 bits per heavy atom. The zero-order valence-corrected chi connectivity index (χ0v) is 16.9. The standard InChI is InChI=1S/C25H23N3O2/c1-29-22-10-6-7-19(25(22)30-17-18-12-13-18)14-15-24-27-20-8-2-3-9-21(20)28(24)23-11-4-5-16-26-23/h2-11,14-16,18H,12-13,17H2,1H3. The molecule has 5 nitrogen and oxygen atoms in total. The van der Waals surface area contributed by atoms with Gasteiger partial charge in [0.05, 0.1) is 24.8 Å². The van der Waals surface area contributed by atoms with Crippen LogP contribution < -0.4 is 9.47 Å². The van der Waals surface area contributed by atoms with Gasteiger partial charge in [0.15, 0.2) is 11.5 Å². The number of para-hydroxylation sites is 3. The fraction of sp³-hybridized carbons (Fsp3) is 0.200. The number of imidazole rings is 1. The molecule has 0 aliphatic heterocycles. The van der Waals surface area contributed by atoms with Crippen molar-refractivity contribution < 1.29 is 9.47 Å². The Morgan fingerprint density at radius 2 is 1.87 bits per heavy atom. The van der Waals surface area contributed by atoms with Crippen molar-refractivity contribution in [2.24, 2.45) is 5.92 Å². The number of benzene rings is 2. The maximum Gasteiger partial charge on any atom is 0.168 e. The second kappa shape index (κ2) is 8.03. The van der Waals surface area contributed by atoms with E-state index in [4.69, 9.17) is 14.5 Å². The lowest BCUT2D eigenvalue weighted by Gasteiger charge is -2.13. The summed E-state index contributed by atoms with van der Waals surface area (Å²) in [7, 11) is 1.67. The van der Waals surface area contributed by atoms with Crippen molar-refractivity contribution in [2.75, 3.05) is 13.7 Å². The number of methoxy groups -OCH3 is 1. The topological polar surface area (TPSA) is 49.2 Å². The van der Waals surface area contributed by atoms with Crippen molar-refractivity contribution in [3.63, 3.8) is 0 Å². The molecule has 0 atom stereocenters. The van der Waals surface area contributed by atoms with Crippen LogP contribution in [0.4, 0.5) is 0 Å². The molecule has 0 amide bonds. The van der Waals surface area contributed by atoms with E-state index in [1.54, 1.807) is 13.3 Å². The number of fused-ring (bicyclic) bond motifs is 1. The molecule has 1 aliphatic carbocycles. The van der Waals surface area contributed by atoms with Gasteiger partial charge >= 0.3 is 0 Å². The lowest BCUT2D eigenvalue weighted by molar-refractivity contribution is 0.280. The van der Waals surface area contributed by atoms with Crippen molar-refractivity contribution >= 4 is 23.2 Å². The number of ether oxygens (including phenoxy) is 2. The van der Waals surface area contributed by atoms with Crippen molar-refractivity contribution in [1.29, 1.82) is 0 Å². The lowest BCUT2D eigenvalue weighted by Crippen LogP contribution is -2.02. The molecule has 0 radical (unpaired) electrons. The van der Waals surface area contributed by atoms with Crippen molar-refractivity contribution in [2.45, 2.75) is 12.8 Å². The van der Waals surface area contributed by atoms with Gasteiger partial charge in [-0.3, -0.25) is 4.57 Å². The number of nitrogens with zero attached hydrogens (tertiary/aromatic N) is 3. The van der Waals surface area contributed by atoms with E-state index < -0.39 is 0 Å². The second-order valence-corrected chi connectivity index (χ2v) is 7.45. The molecule has 0 N–H and O–H groups in total. The Hall–Kier alpha value is -3.60. The van der Waals surface area contributed by atoms with Crippen LogP contribution >= 0.6 is 0 Å². The highest BCUT2D eigenvalue weighted by Crippen LogP contribution is 2.36. The first-order chi connectivity index (χ1) is 14.8. The first-order valence-corrected chi connectivity index (χ1v) is 10.2. The van der Waals surface area contributed by atoms with Gasteiger partial charge in [-0.25, -0.2) is 9.97 Å². The van der Waals surface area contributed by atoms with Gasteiger partial charge < -0.3 is 9.47 Å². The minimum atomic E-state index is 0.667. The van der Waals surface area contributed by atoms with E-state index in [2.05, 4.69) is 15.6 Å². The van der Waals surface area contributed by atoms with E-state index in [-0.39, 0.29) is 0 Å². The summed E-state index contributed by atoms with van der Waals surface area (Å²) in [5, 5.41) is 0. The summed E-state index contributed by atoms with van der Waals surface area (Å²) >= 11 is 0. The summed E-state index contributed by atoms with van der Waals surface area (Å²) in [6, 6.07) is 19.9. The average molecular weight is 397 g/mol. The van der Waals surface area contributed by atoms with E-state index in [1.165, 1.54) is 12.8 Å². The van der Waals surface area contributed by atoms with Gasteiger partial charge in [0.1, 0.15) is 11.6 Å². The van der Waals surface area contributed by atoms with Crippen LogP contribution in [0, 0.1) is 5.92 Å². The van der Waals surface area contributed by atoms with Gasteiger partial charge in [0.25, 0.3) is 0 Å². The van der Waals surface area contributed by atoms with E-state index in [1.807, 2.05) is 66.7 Å². The Bertz CT molecular complexity index is 1190. The van der Waals surface area contributed by atoms with Gasteiger partial charge in [-0.1, -0.05) is 30.3 Å². The molecular formula is C25H23N3O2. The number of rotatable bonds is 7. The molecule has 1 fully saturated rings. The molecule has 5 heteroatoms. The first kappa shape index (κ1) is 18.4. The van der Waals surface area contributed by atoms with E-state index >= 15 is 0 Å². The Morgan fingerprint density at radius 3 is 2.67 bits per heavy atom. The predicted octanol–water partition coefficient (Wildman–Crippen LogP) is 5.39. The molecule has 0 spiro atoms. The summed E-state index contributed by atoms with van der Waals surface area (Å²) in [4.78, 5) is 9.36. The zero-order valence-electron chi connectivity index (χ0n) is 16.9. The van der Waals surface area contributed by atoms with Crippen LogP contribution in [-0.2, 0) is 0 Å². The van der Waals surface area contributed by atoms with Crippen LogP contribution in [0.1, 0.15) is 24.2 Å². The molecule has 5 rings (SSSR count). The molecule has 2 aromatic heterocycles. The Balaban J connectivity index is 1.56. The predicted molar refractivity (Wildman–Crippen MR) is 119 cm³/mol. The average Bonchev–Trinajstić information content (AvgIpc) is 3.55. The number of pyridine rings is 1. The van der Waals surface area contributed by atoms with Gasteiger partial charge in [0.2, 0.25) is 0 Å². The van der Waals surface area contributed by atoms with Crippen molar-refractivity contribution in [3.8, 4) is 17.3 Å². The molecule has 0 saturated heterocycles. The molecule has 30 heavy (non-hydrogen) atoms. The van der Waals surface area contributed by atoms with Crippen LogP contribution in [-0.4, -0.2) is 28.3 Å². The van der Waals surface area contributed by atoms with E-state index in [9.17, 15) is 0 Å². The van der Waals surface area contributed by atoms with E-state index in [0.29, 0.717) is 5.92 Å². The highest BCUT2D eigenvalue weighted by Gasteiger charge is 2.23. The van der Waals surface area contributed by atoms with Gasteiger partial charge in [-0.05, 0) is 61.2 Å². The largest absolute Gasteiger partial charge is 0.493 e.